The fraction of sp³-hybridized carbons (Fsp3) is 0.350. The zero-order valence-corrected chi connectivity index (χ0v) is 15.7. The molecule has 5 nitrogen and oxygen atoms in total. The molecule has 0 saturated heterocycles. The topological polar surface area (TPSA) is 72.2 Å². The van der Waals surface area contributed by atoms with Crippen LogP contribution < -0.4 is 5.32 Å². The third-order valence-electron chi connectivity index (χ3n) is 4.59. The zero-order valence-electron chi connectivity index (χ0n) is 14.9. The van der Waals surface area contributed by atoms with Crippen molar-refractivity contribution in [2.24, 2.45) is 0 Å². The lowest BCUT2D eigenvalue weighted by molar-refractivity contribution is 0.533. The van der Waals surface area contributed by atoms with Crippen molar-refractivity contribution < 1.29 is 12.8 Å². The molecule has 26 heavy (non-hydrogen) atoms. The Balaban J connectivity index is 1.47. The molecule has 1 saturated carbocycles. The Morgan fingerprint density at radius 1 is 1.19 bits per heavy atom. The van der Waals surface area contributed by atoms with Crippen molar-refractivity contribution in [3.05, 3.63) is 53.9 Å². The van der Waals surface area contributed by atoms with Crippen LogP contribution in [0.3, 0.4) is 0 Å². The third-order valence-corrected chi connectivity index (χ3v) is 6.52. The minimum atomic E-state index is -3.33. The summed E-state index contributed by atoms with van der Waals surface area (Å²) in [5, 5.41) is 3.26. The van der Waals surface area contributed by atoms with E-state index in [1.807, 2.05) is 44.2 Å². The molecule has 1 heterocycles. The van der Waals surface area contributed by atoms with Gasteiger partial charge >= 0.3 is 0 Å². The highest BCUT2D eigenvalue weighted by Gasteiger charge is 2.29. The first-order valence-corrected chi connectivity index (χ1v) is 10.5. The maximum atomic E-state index is 12.6. The number of hydrogen-bond acceptors (Lipinski definition) is 5. The maximum absolute atomic E-state index is 12.6. The lowest BCUT2D eigenvalue weighted by Crippen LogP contribution is -2.25. The highest BCUT2D eigenvalue weighted by molar-refractivity contribution is 7.91. The Kier molecular flexibility index (Phi) is 4.23. The summed E-state index contributed by atoms with van der Waals surface area (Å²) in [6.45, 7) is 3.81. The molecule has 1 aliphatic carbocycles. The van der Waals surface area contributed by atoms with Gasteiger partial charge < -0.3 is 9.73 Å². The van der Waals surface area contributed by atoms with Crippen molar-refractivity contribution in [3.8, 4) is 0 Å². The smallest absolute Gasteiger partial charge is 0.198 e. The molecule has 2 aromatic carbocycles. The summed E-state index contributed by atoms with van der Waals surface area (Å²) >= 11 is 0. The number of fused-ring (bicyclic) bond motifs is 1. The van der Waals surface area contributed by atoms with Crippen LogP contribution in [-0.4, -0.2) is 25.2 Å². The second-order valence-electron chi connectivity index (χ2n) is 7.15. The van der Waals surface area contributed by atoms with E-state index in [4.69, 9.17) is 4.42 Å². The van der Waals surface area contributed by atoms with Crippen molar-refractivity contribution in [2.75, 3.05) is 11.1 Å². The SMILES string of the molecule is Cc1ccc(S(=O)(=O)CC(C)Nc2ccc3oc(C4CC4)nc3c2)cc1. The van der Waals surface area contributed by atoms with E-state index in [1.165, 1.54) is 0 Å². The molecule has 136 valence electrons. The lowest BCUT2D eigenvalue weighted by Gasteiger charge is -2.15. The largest absolute Gasteiger partial charge is 0.440 e. The molecule has 1 N–H and O–H groups in total. The predicted octanol–water partition coefficient (Wildman–Crippen LogP) is 4.29. The molecule has 4 rings (SSSR count). The number of oxazole rings is 1. The van der Waals surface area contributed by atoms with Gasteiger partial charge in [-0.2, -0.15) is 0 Å². The Labute approximate surface area is 153 Å². The first kappa shape index (κ1) is 17.1. The van der Waals surface area contributed by atoms with Gasteiger partial charge in [0.1, 0.15) is 5.52 Å². The van der Waals surface area contributed by atoms with Crippen LogP contribution in [0.1, 0.15) is 37.1 Å². The summed E-state index contributed by atoms with van der Waals surface area (Å²) in [6.07, 6.45) is 2.29. The number of sulfone groups is 1. The molecule has 1 fully saturated rings. The van der Waals surface area contributed by atoms with Crippen LogP contribution in [0.2, 0.25) is 0 Å². The number of benzene rings is 2. The van der Waals surface area contributed by atoms with Gasteiger partial charge in [0, 0.05) is 17.6 Å². The van der Waals surface area contributed by atoms with Crippen molar-refractivity contribution in [1.29, 1.82) is 0 Å². The van der Waals surface area contributed by atoms with E-state index in [1.54, 1.807) is 12.1 Å². The third kappa shape index (κ3) is 3.60. The average Bonchev–Trinajstić information content (AvgIpc) is 3.34. The molecule has 1 aromatic heterocycles. The quantitative estimate of drug-likeness (QED) is 0.701. The molecule has 1 atom stereocenters. The molecule has 1 aliphatic rings. The Bertz CT molecular complexity index is 1030. The molecule has 3 aromatic rings. The molecule has 6 heteroatoms. The molecule has 0 radical (unpaired) electrons. The van der Waals surface area contributed by atoms with Crippen LogP contribution in [0.25, 0.3) is 11.1 Å². The molecule has 0 bridgehead atoms. The van der Waals surface area contributed by atoms with E-state index in [-0.39, 0.29) is 11.8 Å². The average molecular weight is 370 g/mol. The summed E-state index contributed by atoms with van der Waals surface area (Å²) in [7, 11) is -3.33. The standard InChI is InChI=1S/C20H22N2O3S/c1-13-3-8-17(9-4-13)26(23,24)12-14(2)21-16-7-10-19-18(11-16)22-20(25-19)15-5-6-15/h3-4,7-11,14-15,21H,5-6,12H2,1-2H3. The van der Waals surface area contributed by atoms with Gasteiger partial charge in [-0.25, -0.2) is 13.4 Å². The number of aryl methyl sites for hydroxylation is 1. The van der Waals surface area contributed by atoms with E-state index >= 15 is 0 Å². The predicted molar refractivity (Wildman–Crippen MR) is 102 cm³/mol. The summed E-state index contributed by atoms with van der Waals surface area (Å²) in [5.41, 5.74) is 3.48. The van der Waals surface area contributed by atoms with Gasteiger partial charge in [0.25, 0.3) is 0 Å². The Morgan fingerprint density at radius 3 is 2.62 bits per heavy atom. The summed E-state index contributed by atoms with van der Waals surface area (Å²) < 4.78 is 30.9. The van der Waals surface area contributed by atoms with Gasteiger partial charge in [0.05, 0.1) is 10.6 Å². The molecule has 0 aliphatic heterocycles. The fourth-order valence-electron chi connectivity index (χ4n) is 3.04. The van der Waals surface area contributed by atoms with Crippen molar-refractivity contribution in [2.45, 2.75) is 43.5 Å². The zero-order chi connectivity index (χ0) is 18.3. The van der Waals surface area contributed by atoms with E-state index in [0.717, 1.165) is 41.1 Å². The Morgan fingerprint density at radius 2 is 1.92 bits per heavy atom. The van der Waals surface area contributed by atoms with Crippen LogP contribution in [-0.2, 0) is 9.84 Å². The molecular weight excluding hydrogens is 348 g/mol. The first-order chi connectivity index (χ1) is 12.4. The van der Waals surface area contributed by atoms with Crippen molar-refractivity contribution >= 4 is 26.6 Å². The number of hydrogen-bond donors (Lipinski definition) is 1. The monoisotopic (exact) mass is 370 g/mol. The fourth-order valence-corrected chi connectivity index (χ4v) is 4.52. The van der Waals surface area contributed by atoms with Crippen LogP contribution in [0.4, 0.5) is 5.69 Å². The van der Waals surface area contributed by atoms with Crippen LogP contribution >= 0.6 is 0 Å². The van der Waals surface area contributed by atoms with Crippen LogP contribution in [0.15, 0.2) is 51.8 Å². The highest BCUT2D eigenvalue weighted by Crippen LogP contribution is 2.40. The molecular formula is C20H22N2O3S. The number of aromatic nitrogens is 1. The molecule has 1 unspecified atom stereocenters. The van der Waals surface area contributed by atoms with Crippen LogP contribution in [0.5, 0.6) is 0 Å². The number of nitrogens with zero attached hydrogens (tertiary/aromatic N) is 1. The van der Waals surface area contributed by atoms with Gasteiger partial charge in [0.15, 0.2) is 21.3 Å². The highest BCUT2D eigenvalue weighted by atomic mass is 32.2. The maximum Gasteiger partial charge on any atom is 0.198 e. The van der Waals surface area contributed by atoms with Gasteiger partial charge in [0.2, 0.25) is 0 Å². The minimum Gasteiger partial charge on any atom is -0.440 e. The van der Waals surface area contributed by atoms with Gasteiger partial charge in [-0.3, -0.25) is 0 Å². The summed E-state index contributed by atoms with van der Waals surface area (Å²) in [6, 6.07) is 12.4. The van der Waals surface area contributed by atoms with E-state index < -0.39 is 9.84 Å². The first-order valence-electron chi connectivity index (χ1n) is 8.87. The van der Waals surface area contributed by atoms with Gasteiger partial charge in [-0.15, -0.1) is 0 Å². The number of rotatable bonds is 6. The van der Waals surface area contributed by atoms with Gasteiger partial charge in [-0.1, -0.05) is 17.7 Å². The number of nitrogens with one attached hydrogen (secondary N) is 1. The van der Waals surface area contributed by atoms with Gasteiger partial charge in [-0.05, 0) is 57.0 Å². The molecule has 0 spiro atoms. The van der Waals surface area contributed by atoms with E-state index in [0.29, 0.717) is 10.8 Å². The Hall–Kier alpha value is -2.34. The molecule has 0 amide bonds. The van der Waals surface area contributed by atoms with Crippen molar-refractivity contribution in [3.63, 3.8) is 0 Å². The number of anilines is 1. The van der Waals surface area contributed by atoms with E-state index in [2.05, 4.69) is 10.3 Å². The summed E-state index contributed by atoms with van der Waals surface area (Å²) in [4.78, 5) is 4.91. The lowest BCUT2D eigenvalue weighted by atomic mass is 10.2. The van der Waals surface area contributed by atoms with Crippen molar-refractivity contribution in [1.82, 2.24) is 4.98 Å². The minimum absolute atomic E-state index is 0.0280. The second kappa shape index (κ2) is 6.43. The second-order valence-corrected chi connectivity index (χ2v) is 9.18. The normalized spacial score (nSPS) is 15.9. The van der Waals surface area contributed by atoms with E-state index in [9.17, 15) is 8.42 Å². The summed E-state index contributed by atoms with van der Waals surface area (Å²) in [5.74, 6) is 1.31. The van der Waals surface area contributed by atoms with Crippen LogP contribution in [0, 0.1) is 6.92 Å².